The molecule has 3 aromatic rings. The number of hydrogen-bond donors (Lipinski definition) is 4. The summed E-state index contributed by atoms with van der Waals surface area (Å²) >= 11 is 0. The van der Waals surface area contributed by atoms with Gasteiger partial charge in [0, 0.05) is 17.1 Å². The Hall–Kier alpha value is -4.09. The lowest BCUT2D eigenvalue weighted by Crippen LogP contribution is -2.60. The molecule has 4 N–H and O–H groups in total. The van der Waals surface area contributed by atoms with E-state index in [0.717, 1.165) is 17.0 Å². The number of fused-ring (bicyclic) bond motifs is 1. The molecule has 2 aromatic carbocycles. The Balaban J connectivity index is 1.87. The molecule has 1 aromatic heterocycles. The van der Waals surface area contributed by atoms with Crippen LogP contribution >= 0.6 is 0 Å². The predicted octanol–water partition coefficient (Wildman–Crippen LogP) is 3.13. The average molecular weight is 562 g/mol. The molecule has 0 bridgehead atoms. The Morgan fingerprint density at radius 2 is 1.85 bits per heavy atom. The first-order chi connectivity index (χ1) is 19.5. The third kappa shape index (κ3) is 6.63. The Bertz CT molecular complexity index is 1400. The maximum absolute atomic E-state index is 14.5. The molecule has 4 rings (SSSR count). The molecule has 1 aliphatic heterocycles. The number of hydrogen-bond acceptors (Lipinski definition) is 9. The van der Waals surface area contributed by atoms with Gasteiger partial charge in [0.25, 0.3) is 11.8 Å². The summed E-state index contributed by atoms with van der Waals surface area (Å²) in [6.07, 6.45) is 2.84. The van der Waals surface area contributed by atoms with Crippen LogP contribution in [0.4, 0.5) is 17.2 Å². The molecule has 1 saturated heterocycles. The van der Waals surface area contributed by atoms with Gasteiger partial charge >= 0.3 is 0 Å². The van der Waals surface area contributed by atoms with E-state index >= 15 is 0 Å². The molecule has 3 amide bonds. The zero-order valence-electron chi connectivity index (χ0n) is 24.4. The molecule has 1 aliphatic rings. The van der Waals surface area contributed by atoms with Crippen LogP contribution in [0.3, 0.4) is 0 Å². The lowest BCUT2D eigenvalue weighted by atomic mass is 9.85. The zero-order valence-corrected chi connectivity index (χ0v) is 24.4. The molecule has 0 unspecified atom stereocenters. The SMILES string of the molecule is CN[C@@H](C)C(=O)N[C@H](C(=O)N(C(=O)[C@@H]1CCCN1)c1cc2c(Nc3ccccc3)ncnc2cc1OC)C(C)(C)C. The maximum atomic E-state index is 14.5. The van der Waals surface area contributed by atoms with Crippen LogP contribution in [-0.4, -0.2) is 66.5 Å². The van der Waals surface area contributed by atoms with Gasteiger partial charge in [-0.15, -0.1) is 0 Å². The zero-order chi connectivity index (χ0) is 29.7. The molecule has 0 radical (unpaired) electrons. The van der Waals surface area contributed by atoms with Gasteiger partial charge in [0.1, 0.15) is 23.9 Å². The van der Waals surface area contributed by atoms with E-state index in [2.05, 4.69) is 31.2 Å². The van der Waals surface area contributed by atoms with Crippen molar-refractivity contribution >= 4 is 45.8 Å². The molecular formula is C30H39N7O4. The van der Waals surface area contributed by atoms with Gasteiger partial charge in [-0.3, -0.25) is 14.4 Å². The Morgan fingerprint density at radius 1 is 1.12 bits per heavy atom. The number of para-hydroxylation sites is 1. The normalized spacial score (nSPS) is 16.6. The fourth-order valence-corrected chi connectivity index (χ4v) is 4.74. The van der Waals surface area contributed by atoms with Crippen LogP contribution in [0.25, 0.3) is 10.9 Å². The van der Waals surface area contributed by atoms with E-state index in [1.54, 1.807) is 26.1 Å². The maximum Gasteiger partial charge on any atom is 0.257 e. The molecule has 11 heteroatoms. The van der Waals surface area contributed by atoms with Crippen LogP contribution in [0.15, 0.2) is 48.8 Å². The van der Waals surface area contributed by atoms with Gasteiger partial charge in [-0.25, -0.2) is 14.9 Å². The van der Waals surface area contributed by atoms with Gasteiger partial charge in [-0.05, 0) is 57.0 Å². The minimum atomic E-state index is -1.01. The topological polar surface area (TPSA) is 138 Å². The van der Waals surface area contributed by atoms with Crippen LogP contribution in [0, 0.1) is 5.41 Å². The number of likely N-dealkylation sites (N-methyl/N-ethyl adjacent to an activating group) is 1. The molecule has 1 fully saturated rings. The first kappa shape index (κ1) is 29.9. The highest BCUT2D eigenvalue weighted by Gasteiger charge is 2.42. The van der Waals surface area contributed by atoms with Crippen LogP contribution in [0.1, 0.15) is 40.5 Å². The monoisotopic (exact) mass is 561 g/mol. The Kier molecular flexibility index (Phi) is 9.19. The number of carbonyl (C=O) groups is 3. The van der Waals surface area contributed by atoms with Crippen molar-refractivity contribution < 1.29 is 19.1 Å². The van der Waals surface area contributed by atoms with E-state index in [0.29, 0.717) is 35.4 Å². The smallest absolute Gasteiger partial charge is 0.257 e. The molecule has 0 saturated carbocycles. The summed E-state index contributed by atoms with van der Waals surface area (Å²) < 4.78 is 5.71. The minimum Gasteiger partial charge on any atom is -0.494 e. The summed E-state index contributed by atoms with van der Waals surface area (Å²) in [4.78, 5) is 51.5. The predicted molar refractivity (Wildman–Crippen MR) is 159 cm³/mol. The number of carbonyl (C=O) groups excluding carboxylic acids is 3. The highest BCUT2D eigenvalue weighted by Crippen LogP contribution is 2.37. The largest absolute Gasteiger partial charge is 0.494 e. The third-order valence-corrected chi connectivity index (χ3v) is 7.24. The number of anilines is 3. The quantitative estimate of drug-likeness (QED) is 0.310. The molecule has 218 valence electrons. The van der Waals surface area contributed by atoms with E-state index in [9.17, 15) is 14.4 Å². The second kappa shape index (κ2) is 12.6. The number of nitrogens with zero attached hydrogens (tertiary/aromatic N) is 3. The molecule has 41 heavy (non-hydrogen) atoms. The van der Waals surface area contributed by atoms with Gasteiger partial charge in [-0.1, -0.05) is 39.0 Å². The summed E-state index contributed by atoms with van der Waals surface area (Å²) in [7, 11) is 3.15. The average Bonchev–Trinajstić information content (AvgIpc) is 3.50. The summed E-state index contributed by atoms with van der Waals surface area (Å²) in [6.45, 7) is 7.93. The summed E-state index contributed by atoms with van der Waals surface area (Å²) in [5, 5.41) is 12.9. The van der Waals surface area contributed by atoms with Crippen molar-refractivity contribution in [1.82, 2.24) is 25.9 Å². The lowest BCUT2D eigenvalue weighted by Gasteiger charge is -2.36. The van der Waals surface area contributed by atoms with Crippen LogP contribution in [0.5, 0.6) is 5.75 Å². The van der Waals surface area contributed by atoms with Gasteiger partial charge in [0.15, 0.2) is 0 Å². The van der Waals surface area contributed by atoms with E-state index < -0.39 is 35.4 Å². The number of ether oxygens (including phenoxy) is 1. The molecule has 11 nitrogen and oxygen atoms in total. The van der Waals surface area contributed by atoms with E-state index in [4.69, 9.17) is 4.74 Å². The number of methoxy groups -OCH3 is 1. The molecule has 2 heterocycles. The molecular weight excluding hydrogens is 522 g/mol. The second-order valence-electron chi connectivity index (χ2n) is 11.2. The first-order valence-corrected chi connectivity index (χ1v) is 13.8. The van der Waals surface area contributed by atoms with E-state index in [-0.39, 0.29) is 11.6 Å². The summed E-state index contributed by atoms with van der Waals surface area (Å²) in [6, 6.07) is 10.8. The van der Waals surface area contributed by atoms with E-state index in [1.807, 2.05) is 51.1 Å². The van der Waals surface area contributed by atoms with Gasteiger partial charge in [-0.2, -0.15) is 0 Å². The summed E-state index contributed by atoms with van der Waals surface area (Å²) in [5.41, 5.74) is 0.925. The van der Waals surface area contributed by atoms with Crippen LogP contribution in [-0.2, 0) is 14.4 Å². The van der Waals surface area contributed by atoms with Crippen molar-refractivity contribution in [2.75, 3.05) is 30.9 Å². The highest BCUT2D eigenvalue weighted by atomic mass is 16.5. The fraction of sp³-hybridized carbons (Fsp3) is 0.433. The Labute approximate surface area is 240 Å². The van der Waals surface area contributed by atoms with Crippen molar-refractivity contribution in [3.63, 3.8) is 0 Å². The number of benzene rings is 2. The standard InChI is InChI=1S/C30H39N7O4/c1-18(31-5)27(38)36-25(30(2,3)4)29(40)37(28(39)21-13-10-14-32-21)23-15-20-22(16-24(23)41-6)33-17-34-26(20)35-19-11-8-7-9-12-19/h7-9,11-12,15-18,21,25,31-32H,10,13-14H2,1-6H3,(H,36,38)(H,33,34,35)/t18-,21-,25+/m0/s1. The first-order valence-electron chi connectivity index (χ1n) is 13.8. The van der Waals surface area contributed by atoms with Crippen molar-refractivity contribution in [2.24, 2.45) is 5.41 Å². The lowest BCUT2D eigenvalue weighted by molar-refractivity contribution is -0.134. The van der Waals surface area contributed by atoms with Gasteiger partial charge < -0.3 is 26.0 Å². The number of nitrogens with one attached hydrogen (secondary N) is 4. The Morgan fingerprint density at radius 3 is 2.46 bits per heavy atom. The van der Waals surface area contributed by atoms with E-state index in [1.165, 1.54) is 13.4 Å². The van der Waals surface area contributed by atoms with Crippen molar-refractivity contribution in [2.45, 2.75) is 58.7 Å². The van der Waals surface area contributed by atoms with Crippen LogP contribution < -0.4 is 30.9 Å². The molecule has 0 spiro atoms. The van der Waals surface area contributed by atoms with Crippen molar-refractivity contribution in [3.05, 3.63) is 48.8 Å². The number of rotatable bonds is 9. The molecule has 0 aliphatic carbocycles. The summed E-state index contributed by atoms with van der Waals surface area (Å²) in [5.74, 6) is -0.512. The van der Waals surface area contributed by atoms with Crippen molar-refractivity contribution in [1.29, 1.82) is 0 Å². The third-order valence-electron chi connectivity index (χ3n) is 7.24. The van der Waals surface area contributed by atoms with Gasteiger partial charge in [0.05, 0.1) is 30.4 Å². The number of amides is 3. The van der Waals surface area contributed by atoms with Gasteiger partial charge in [0.2, 0.25) is 5.91 Å². The highest BCUT2D eigenvalue weighted by molar-refractivity contribution is 6.20. The minimum absolute atomic E-state index is 0.250. The fourth-order valence-electron chi connectivity index (χ4n) is 4.74. The van der Waals surface area contributed by atoms with Crippen LogP contribution in [0.2, 0.25) is 0 Å². The second-order valence-corrected chi connectivity index (χ2v) is 11.2. The molecule has 3 atom stereocenters. The number of imide groups is 1. The number of aromatic nitrogens is 2. The van der Waals surface area contributed by atoms with Crippen molar-refractivity contribution in [3.8, 4) is 5.75 Å².